The standard InChI is InChI=1S/C15H21N3O2S/c1-3-12-13(19)17-15(6-4-5-7-15)14(20)18(12)8-11-9-21-10(2)16-11/h9,12H,3-8H2,1-2H3,(H,17,19). The molecule has 5 nitrogen and oxygen atoms in total. The minimum atomic E-state index is -0.645. The van der Waals surface area contributed by atoms with Gasteiger partial charge in [-0.05, 0) is 26.2 Å². The third-order valence-corrected chi connectivity index (χ3v) is 5.38. The minimum absolute atomic E-state index is 0.00838. The maximum Gasteiger partial charge on any atom is 0.249 e. The summed E-state index contributed by atoms with van der Waals surface area (Å²) in [7, 11) is 0. The number of hydrogen-bond donors (Lipinski definition) is 1. The highest BCUT2D eigenvalue weighted by Crippen LogP contribution is 2.35. The zero-order valence-corrected chi connectivity index (χ0v) is 13.3. The molecule has 0 radical (unpaired) electrons. The second-order valence-corrected chi connectivity index (χ2v) is 7.06. The Labute approximate surface area is 128 Å². The first-order chi connectivity index (χ1) is 10.1. The van der Waals surface area contributed by atoms with E-state index in [4.69, 9.17) is 0 Å². The third-order valence-electron chi connectivity index (χ3n) is 4.55. The molecule has 3 rings (SSSR count). The summed E-state index contributed by atoms with van der Waals surface area (Å²) in [5, 5.41) is 5.98. The molecule has 2 fully saturated rings. The van der Waals surface area contributed by atoms with Crippen LogP contribution in [0.5, 0.6) is 0 Å². The molecule has 2 heterocycles. The topological polar surface area (TPSA) is 62.3 Å². The van der Waals surface area contributed by atoms with E-state index >= 15 is 0 Å². The molecule has 1 saturated carbocycles. The van der Waals surface area contributed by atoms with Crippen molar-refractivity contribution in [2.24, 2.45) is 0 Å². The lowest BCUT2D eigenvalue weighted by Gasteiger charge is -2.44. The van der Waals surface area contributed by atoms with Crippen molar-refractivity contribution in [2.75, 3.05) is 0 Å². The summed E-state index contributed by atoms with van der Waals surface area (Å²) >= 11 is 1.58. The Bertz CT molecular complexity index is 563. The number of carbonyl (C=O) groups is 2. The smallest absolute Gasteiger partial charge is 0.249 e. The molecule has 1 atom stereocenters. The van der Waals surface area contributed by atoms with Gasteiger partial charge in [0.1, 0.15) is 11.6 Å². The van der Waals surface area contributed by atoms with Gasteiger partial charge in [0.2, 0.25) is 11.8 Å². The molecule has 6 heteroatoms. The van der Waals surface area contributed by atoms with Crippen LogP contribution in [0.3, 0.4) is 0 Å². The second-order valence-electron chi connectivity index (χ2n) is 5.99. The molecule has 114 valence electrons. The van der Waals surface area contributed by atoms with Gasteiger partial charge in [-0.25, -0.2) is 4.98 Å². The average Bonchev–Trinajstić information content (AvgIpc) is 3.06. The molecule has 0 bridgehead atoms. The van der Waals surface area contributed by atoms with E-state index in [0.717, 1.165) is 36.4 Å². The van der Waals surface area contributed by atoms with E-state index in [1.807, 2.05) is 19.2 Å². The Morgan fingerprint density at radius 3 is 2.71 bits per heavy atom. The summed E-state index contributed by atoms with van der Waals surface area (Å²) in [5.74, 6) is 0.0723. The Balaban J connectivity index is 1.89. The van der Waals surface area contributed by atoms with Crippen molar-refractivity contribution in [3.05, 3.63) is 16.1 Å². The van der Waals surface area contributed by atoms with E-state index < -0.39 is 5.54 Å². The number of amides is 2. The van der Waals surface area contributed by atoms with Crippen LogP contribution in [0.1, 0.15) is 49.7 Å². The van der Waals surface area contributed by atoms with Gasteiger partial charge in [-0.2, -0.15) is 0 Å². The van der Waals surface area contributed by atoms with Crippen LogP contribution in [0, 0.1) is 6.92 Å². The Kier molecular flexibility index (Phi) is 3.73. The predicted octanol–water partition coefficient (Wildman–Crippen LogP) is 2.00. The lowest BCUT2D eigenvalue weighted by atomic mass is 9.90. The van der Waals surface area contributed by atoms with Gasteiger partial charge in [-0.3, -0.25) is 9.59 Å². The summed E-state index contributed by atoms with van der Waals surface area (Å²) in [6, 6.07) is -0.370. The fourth-order valence-electron chi connectivity index (χ4n) is 3.49. The molecule has 0 aromatic carbocycles. The van der Waals surface area contributed by atoms with E-state index in [0.29, 0.717) is 13.0 Å². The van der Waals surface area contributed by atoms with E-state index in [1.165, 1.54) is 0 Å². The first-order valence-corrected chi connectivity index (χ1v) is 8.48. The monoisotopic (exact) mass is 307 g/mol. The molecule has 2 amide bonds. The highest BCUT2D eigenvalue weighted by atomic mass is 32.1. The van der Waals surface area contributed by atoms with Gasteiger partial charge in [-0.1, -0.05) is 19.8 Å². The van der Waals surface area contributed by atoms with Crippen LogP contribution < -0.4 is 5.32 Å². The van der Waals surface area contributed by atoms with Gasteiger partial charge in [0, 0.05) is 5.38 Å². The summed E-state index contributed by atoms with van der Waals surface area (Å²) in [4.78, 5) is 31.6. The second kappa shape index (κ2) is 5.40. The highest BCUT2D eigenvalue weighted by molar-refractivity contribution is 7.09. The predicted molar refractivity (Wildman–Crippen MR) is 80.8 cm³/mol. The molecular formula is C15H21N3O2S. The number of rotatable bonds is 3. The largest absolute Gasteiger partial charge is 0.340 e. The number of nitrogens with zero attached hydrogens (tertiary/aromatic N) is 2. The molecule has 1 aromatic heterocycles. The van der Waals surface area contributed by atoms with Crippen molar-refractivity contribution < 1.29 is 9.59 Å². The Morgan fingerprint density at radius 2 is 2.14 bits per heavy atom. The van der Waals surface area contributed by atoms with Crippen LogP contribution in [0.25, 0.3) is 0 Å². The quantitative estimate of drug-likeness (QED) is 0.929. The minimum Gasteiger partial charge on any atom is -0.340 e. The first-order valence-electron chi connectivity index (χ1n) is 7.60. The van der Waals surface area contributed by atoms with Gasteiger partial charge in [0.05, 0.1) is 17.2 Å². The molecule has 1 unspecified atom stereocenters. The van der Waals surface area contributed by atoms with Crippen LogP contribution >= 0.6 is 11.3 Å². The van der Waals surface area contributed by atoms with Crippen LogP contribution in [-0.2, 0) is 16.1 Å². The summed E-state index contributed by atoms with van der Waals surface area (Å²) in [5.41, 5.74) is 0.237. The first kappa shape index (κ1) is 14.5. The SMILES string of the molecule is CCC1C(=O)NC2(CCCC2)C(=O)N1Cc1csc(C)n1. The molecule has 1 aromatic rings. The summed E-state index contributed by atoms with van der Waals surface area (Å²) in [6.45, 7) is 4.34. The van der Waals surface area contributed by atoms with E-state index in [9.17, 15) is 9.59 Å². The van der Waals surface area contributed by atoms with Gasteiger partial charge in [0.15, 0.2) is 0 Å². The van der Waals surface area contributed by atoms with E-state index in [2.05, 4.69) is 10.3 Å². The van der Waals surface area contributed by atoms with Gasteiger partial charge in [-0.15, -0.1) is 11.3 Å². The van der Waals surface area contributed by atoms with E-state index in [1.54, 1.807) is 16.2 Å². The van der Waals surface area contributed by atoms with Gasteiger partial charge in [0.25, 0.3) is 0 Å². The Morgan fingerprint density at radius 1 is 1.43 bits per heavy atom. The fraction of sp³-hybridized carbons (Fsp3) is 0.667. The normalized spacial score (nSPS) is 24.7. The van der Waals surface area contributed by atoms with Crippen molar-refractivity contribution in [3.8, 4) is 0 Å². The highest BCUT2D eigenvalue weighted by Gasteiger charge is 2.51. The number of nitrogens with one attached hydrogen (secondary N) is 1. The molecule has 1 spiro atoms. The number of carbonyl (C=O) groups excluding carboxylic acids is 2. The summed E-state index contributed by atoms with van der Waals surface area (Å²) < 4.78 is 0. The number of hydrogen-bond acceptors (Lipinski definition) is 4. The van der Waals surface area contributed by atoms with Crippen LogP contribution in [0.4, 0.5) is 0 Å². The molecular weight excluding hydrogens is 286 g/mol. The molecule has 21 heavy (non-hydrogen) atoms. The maximum atomic E-state index is 13.0. The molecule has 1 aliphatic carbocycles. The van der Waals surface area contributed by atoms with Crippen molar-refractivity contribution in [2.45, 2.75) is 64.1 Å². The van der Waals surface area contributed by atoms with E-state index in [-0.39, 0.29) is 17.9 Å². The summed E-state index contributed by atoms with van der Waals surface area (Å²) in [6.07, 6.45) is 4.18. The molecule has 1 saturated heterocycles. The molecule has 1 N–H and O–H groups in total. The number of piperazine rings is 1. The third kappa shape index (κ3) is 2.46. The zero-order valence-electron chi connectivity index (χ0n) is 12.5. The van der Waals surface area contributed by atoms with Crippen molar-refractivity contribution in [1.29, 1.82) is 0 Å². The average molecular weight is 307 g/mol. The Hall–Kier alpha value is -1.43. The van der Waals surface area contributed by atoms with Crippen molar-refractivity contribution in [3.63, 3.8) is 0 Å². The van der Waals surface area contributed by atoms with Crippen molar-refractivity contribution in [1.82, 2.24) is 15.2 Å². The number of aryl methyl sites for hydroxylation is 1. The van der Waals surface area contributed by atoms with Gasteiger partial charge < -0.3 is 10.2 Å². The molecule has 2 aliphatic rings. The van der Waals surface area contributed by atoms with Crippen LogP contribution in [-0.4, -0.2) is 33.3 Å². The van der Waals surface area contributed by atoms with Crippen molar-refractivity contribution >= 4 is 23.2 Å². The van der Waals surface area contributed by atoms with Crippen LogP contribution in [0.2, 0.25) is 0 Å². The lowest BCUT2D eigenvalue weighted by Crippen LogP contribution is -2.69. The maximum absolute atomic E-state index is 13.0. The zero-order chi connectivity index (χ0) is 15.0. The molecule has 1 aliphatic heterocycles. The lowest BCUT2D eigenvalue weighted by molar-refractivity contribution is -0.155. The fourth-order valence-corrected chi connectivity index (χ4v) is 4.09. The number of thiazole rings is 1. The van der Waals surface area contributed by atoms with Crippen LogP contribution in [0.15, 0.2) is 5.38 Å². The van der Waals surface area contributed by atoms with Gasteiger partial charge >= 0.3 is 0 Å². The number of aromatic nitrogens is 1.